The highest BCUT2D eigenvalue weighted by Gasteiger charge is 2.67. The number of aliphatic hydroxyl groups excluding tert-OH is 1. The van der Waals surface area contributed by atoms with Gasteiger partial charge in [-0.05, 0) is 73.1 Å². The second-order valence-corrected chi connectivity index (χ2v) is 20.1. The monoisotopic (exact) mass is 838 g/mol. The van der Waals surface area contributed by atoms with Gasteiger partial charge in [0.1, 0.15) is 5.75 Å². The number of halogens is 1. The number of ether oxygens (including phenoxy) is 2. The van der Waals surface area contributed by atoms with Gasteiger partial charge in [-0.2, -0.15) is 0 Å². The minimum Gasteiger partial charge on any atom is -0.454 e. The molecule has 15 heteroatoms. The summed E-state index contributed by atoms with van der Waals surface area (Å²) in [6.45, 7) is 5.24. The molecule has 2 amide bonds. The van der Waals surface area contributed by atoms with Gasteiger partial charge < -0.3 is 23.6 Å². The van der Waals surface area contributed by atoms with Gasteiger partial charge >= 0.3 is 0 Å². The Balaban J connectivity index is 1.02. The van der Waals surface area contributed by atoms with Crippen molar-refractivity contribution >= 4 is 43.0 Å². The van der Waals surface area contributed by atoms with E-state index in [0.29, 0.717) is 58.3 Å². The topological polar surface area (TPSA) is 153 Å². The number of hydrogen-bond donors (Lipinski definition) is 1. The van der Waals surface area contributed by atoms with Gasteiger partial charge in [-0.15, -0.1) is 5.10 Å². The van der Waals surface area contributed by atoms with E-state index in [1.807, 2.05) is 73.7 Å². The smallest absolute Gasteiger partial charge is 0.269 e. The maximum absolute atomic E-state index is 16.6. The van der Waals surface area contributed by atoms with Crippen molar-refractivity contribution in [1.82, 2.24) is 15.0 Å². The lowest BCUT2D eigenvalue weighted by Crippen LogP contribution is -2.45. The summed E-state index contributed by atoms with van der Waals surface area (Å²) in [4.78, 5) is 43.9. The molecule has 5 aromatic carbocycles. The van der Waals surface area contributed by atoms with Crippen LogP contribution in [0, 0.1) is 16.0 Å². The van der Waals surface area contributed by atoms with Crippen molar-refractivity contribution in [2.45, 2.75) is 62.7 Å². The van der Waals surface area contributed by atoms with Gasteiger partial charge in [0.05, 0.1) is 52.7 Å². The number of non-ortho nitro benzene ring substituents is 1. The fourth-order valence-corrected chi connectivity index (χ4v) is 12.0. The number of carbonyl (C=O) groups is 2. The van der Waals surface area contributed by atoms with Crippen molar-refractivity contribution < 1.29 is 33.2 Å². The van der Waals surface area contributed by atoms with Crippen molar-refractivity contribution in [3.63, 3.8) is 0 Å². The quantitative estimate of drug-likeness (QED) is 0.0584. The van der Waals surface area contributed by atoms with Crippen molar-refractivity contribution in [2.24, 2.45) is 5.92 Å². The number of benzene rings is 5. The summed E-state index contributed by atoms with van der Waals surface area (Å²) in [5.41, 5.74) is 2.02. The van der Waals surface area contributed by atoms with E-state index in [1.54, 1.807) is 76.2 Å². The predicted octanol–water partition coefficient (Wildman–Crippen LogP) is 8.81. The van der Waals surface area contributed by atoms with Gasteiger partial charge in [-0.25, -0.2) is 0 Å². The molecular weight excluding hydrogens is 796 g/mol. The molecule has 4 heterocycles. The SMILES string of the molecule is C[C@@H]1[C@@H]([Si](C)(C)F)[C@H](CCn2cc(C(CO)c3ccccc3)nn2)O[C@@]12C(=O)N(Cc1ccc(N3C(=O)c4ccccc4Oc4ccccc43)cc1)c1ccc([N+](=O)[O-])cc12. The van der Waals surface area contributed by atoms with Crippen LogP contribution in [0.3, 0.4) is 0 Å². The second kappa shape index (κ2) is 15.5. The number of nitro groups is 1. The number of para-hydroxylation sites is 3. The standard InChI is InChI=1S/C46H43FN6O7Si/c1-29-43(61(2,3)47)42(23-24-50-27-37(48-49-50)35(28-54)31-11-5-4-6-12-31)60-46(29)36-25-33(53(57)58)21-22-38(36)51(45(46)56)26-30-17-19-32(20-18-30)52-39-14-8-10-16-41(39)59-40-15-9-7-13-34(40)44(52)55/h4-22,25,27,29,35,42-43,54H,23-24,26,28H2,1-3H3/t29-,35?,42+,43-,46+/m1/s1. The molecule has 13 nitrogen and oxygen atoms in total. The number of amides is 2. The third-order valence-corrected chi connectivity index (χ3v) is 14.7. The maximum Gasteiger partial charge on any atom is 0.269 e. The molecule has 6 aromatic rings. The molecule has 1 fully saturated rings. The molecule has 310 valence electrons. The normalized spacial score (nSPS) is 21.2. The summed E-state index contributed by atoms with van der Waals surface area (Å²) >= 11 is 0. The third-order valence-electron chi connectivity index (χ3n) is 12.3. The number of rotatable bonds is 11. The Morgan fingerprint density at radius 2 is 1.62 bits per heavy atom. The highest BCUT2D eigenvalue weighted by atomic mass is 28.4. The van der Waals surface area contributed by atoms with Crippen molar-refractivity contribution in [2.75, 3.05) is 16.4 Å². The van der Waals surface area contributed by atoms with Crippen molar-refractivity contribution in [1.29, 1.82) is 0 Å². The summed E-state index contributed by atoms with van der Waals surface area (Å²) < 4.78 is 31.3. The minimum absolute atomic E-state index is 0.0825. The van der Waals surface area contributed by atoms with E-state index in [0.717, 1.165) is 11.1 Å². The number of carbonyl (C=O) groups excluding carboxylic acids is 2. The maximum atomic E-state index is 16.6. The lowest BCUT2D eigenvalue weighted by Gasteiger charge is -2.31. The zero-order chi connectivity index (χ0) is 42.6. The van der Waals surface area contributed by atoms with Gasteiger partial charge in [-0.1, -0.05) is 78.9 Å². The molecule has 0 saturated carbocycles. The molecule has 5 atom stereocenters. The molecule has 1 spiro atoms. The zero-order valence-electron chi connectivity index (χ0n) is 33.7. The first-order valence-electron chi connectivity index (χ1n) is 20.2. The van der Waals surface area contributed by atoms with Crippen LogP contribution in [0.15, 0.2) is 128 Å². The van der Waals surface area contributed by atoms with Crippen LogP contribution in [-0.2, 0) is 28.2 Å². The van der Waals surface area contributed by atoms with Crippen LogP contribution in [-0.4, -0.2) is 58.0 Å². The van der Waals surface area contributed by atoms with E-state index in [4.69, 9.17) is 9.47 Å². The second-order valence-electron chi connectivity index (χ2n) is 16.3. The number of fused-ring (bicyclic) bond motifs is 4. The number of aromatic nitrogens is 3. The van der Waals surface area contributed by atoms with Gasteiger partial charge in [0, 0.05) is 47.6 Å². The average Bonchev–Trinajstić information content (AvgIpc) is 3.89. The number of hydrogen-bond acceptors (Lipinski definition) is 9. The lowest BCUT2D eigenvalue weighted by atomic mass is 9.82. The number of aryl methyl sites for hydroxylation is 1. The molecule has 9 rings (SSSR count). The molecular formula is C46H43FN6O7Si. The summed E-state index contributed by atoms with van der Waals surface area (Å²) in [6.07, 6.45) is 1.33. The minimum atomic E-state index is -3.56. The van der Waals surface area contributed by atoms with Gasteiger partial charge in [0.2, 0.25) is 8.41 Å². The molecule has 1 N–H and O–H groups in total. The van der Waals surface area contributed by atoms with Crippen LogP contribution in [0.4, 0.5) is 26.9 Å². The Hall–Kier alpha value is -6.55. The van der Waals surface area contributed by atoms with E-state index in [-0.39, 0.29) is 30.7 Å². The molecule has 0 aliphatic carbocycles. The van der Waals surface area contributed by atoms with Crippen LogP contribution in [0.2, 0.25) is 18.6 Å². The van der Waals surface area contributed by atoms with Crippen LogP contribution in [0.25, 0.3) is 0 Å². The molecule has 3 aliphatic rings. The number of nitrogens with zero attached hydrogens (tertiary/aromatic N) is 6. The molecule has 0 radical (unpaired) electrons. The molecule has 1 saturated heterocycles. The summed E-state index contributed by atoms with van der Waals surface area (Å²) in [7, 11) is -3.56. The van der Waals surface area contributed by atoms with Gasteiger partial charge in [-0.3, -0.25) is 29.3 Å². The third kappa shape index (κ3) is 6.87. The van der Waals surface area contributed by atoms with Crippen molar-refractivity contribution in [3.05, 3.63) is 166 Å². The Labute approximate surface area is 352 Å². The van der Waals surface area contributed by atoms with E-state index >= 15 is 8.90 Å². The van der Waals surface area contributed by atoms with Gasteiger partial charge in [0.25, 0.3) is 17.5 Å². The first kappa shape index (κ1) is 39.9. The summed E-state index contributed by atoms with van der Waals surface area (Å²) in [6, 6.07) is 35.5. The summed E-state index contributed by atoms with van der Waals surface area (Å²) in [5.74, 6) is -0.762. The summed E-state index contributed by atoms with van der Waals surface area (Å²) in [5, 5.41) is 31.0. The highest BCUT2D eigenvalue weighted by molar-refractivity contribution is 6.72. The van der Waals surface area contributed by atoms with E-state index in [1.165, 1.54) is 12.1 Å². The van der Waals surface area contributed by atoms with Crippen LogP contribution in [0.5, 0.6) is 11.5 Å². The van der Waals surface area contributed by atoms with Gasteiger partial charge in [0.15, 0.2) is 11.4 Å². The van der Waals surface area contributed by atoms with E-state index < -0.39 is 42.4 Å². The number of anilines is 3. The number of nitro benzene ring substituents is 1. The van der Waals surface area contributed by atoms with Crippen LogP contribution >= 0.6 is 0 Å². The Morgan fingerprint density at radius 3 is 2.34 bits per heavy atom. The largest absolute Gasteiger partial charge is 0.454 e. The van der Waals surface area contributed by atoms with E-state index in [2.05, 4.69) is 10.3 Å². The highest BCUT2D eigenvalue weighted by Crippen LogP contribution is 2.61. The molecule has 1 unspecified atom stereocenters. The molecule has 1 aromatic heterocycles. The molecule has 3 aliphatic heterocycles. The first-order chi connectivity index (χ1) is 29.4. The fraction of sp³-hybridized carbons (Fsp3) is 0.261. The van der Waals surface area contributed by atoms with Crippen LogP contribution < -0.4 is 14.5 Å². The van der Waals surface area contributed by atoms with Crippen LogP contribution in [0.1, 0.15) is 52.0 Å². The molecule has 0 bridgehead atoms. The van der Waals surface area contributed by atoms with Crippen molar-refractivity contribution in [3.8, 4) is 11.5 Å². The fourth-order valence-electron chi connectivity index (χ4n) is 9.47. The first-order valence-corrected chi connectivity index (χ1v) is 23.2. The van der Waals surface area contributed by atoms with E-state index in [9.17, 15) is 20.0 Å². The average molecular weight is 839 g/mol. The lowest BCUT2D eigenvalue weighted by molar-refractivity contribution is -0.385. The zero-order valence-corrected chi connectivity index (χ0v) is 34.7. The predicted molar refractivity (Wildman–Crippen MR) is 228 cm³/mol. The number of aliphatic hydroxyl groups is 1. The Kier molecular flexibility index (Phi) is 10.1. The Morgan fingerprint density at radius 1 is 0.918 bits per heavy atom. The molecule has 61 heavy (non-hydrogen) atoms. The Bertz CT molecular complexity index is 2660.